The van der Waals surface area contributed by atoms with E-state index in [1.165, 1.54) is 12.1 Å². The van der Waals surface area contributed by atoms with E-state index in [0.29, 0.717) is 11.3 Å². The van der Waals surface area contributed by atoms with Crippen LogP contribution < -0.4 is 5.73 Å². The Morgan fingerprint density at radius 1 is 1.23 bits per heavy atom. The molecular weight excluding hydrogens is 279 g/mol. The van der Waals surface area contributed by atoms with Crippen LogP contribution in [0.1, 0.15) is 26.3 Å². The van der Waals surface area contributed by atoms with E-state index in [1.54, 1.807) is 44.3 Å². The minimum atomic E-state index is -0.901. The van der Waals surface area contributed by atoms with Crippen LogP contribution in [0.2, 0.25) is 0 Å². The van der Waals surface area contributed by atoms with E-state index < -0.39 is 5.54 Å². The van der Waals surface area contributed by atoms with Gasteiger partial charge in [-0.1, -0.05) is 18.2 Å². The number of carbonyl (C=O) groups excluding carboxylic acids is 1. The second-order valence-electron chi connectivity index (χ2n) is 5.83. The van der Waals surface area contributed by atoms with Crippen LogP contribution in [-0.4, -0.2) is 16.3 Å². The lowest BCUT2D eigenvalue weighted by Gasteiger charge is -2.14. The van der Waals surface area contributed by atoms with Crippen molar-refractivity contribution in [1.82, 2.24) is 4.98 Å². The van der Waals surface area contributed by atoms with Crippen molar-refractivity contribution in [2.75, 3.05) is 0 Å². The van der Waals surface area contributed by atoms with Crippen molar-refractivity contribution in [3.05, 3.63) is 60.1 Å². The first kappa shape index (κ1) is 16.0. The molecule has 0 aliphatic rings. The molecule has 1 aromatic heterocycles. The Morgan fingerprint density at radius 2 is 1.91 bits per heavy atom. The van der Waals surface area contributed by atoms with Gasteiger partial charge in [-0.05, 0) is 56.2 Å². The molecule has 2 rings (SSSR count). The lowest BCUT2D eigenvalue weighted by Crippen LogP contribution is -2.40. The zero-order valence-corrected chi connectivity index (χ0v) is 12.9. The summed E-state index contributed by atoms with van der Waals surface area (Å²) in [6, 6.07) is 10.0. The van der Waals surface area contributed by atoms with Gasteiger partial charge >= 0.3 is 0 Å². The fourth-order valence-electron chi connectivity index (χ4n) is 1.92. The van der Waals surface area contributed by atoms with Gasteiger partial charge in [0.2, 0.25) is 0 Å². The maximum absolute atomic E-state index is 13.7. The fourth-order valence-corrected chi connectivity index (χ4v) is 1.92. The summed E-state index contributed by atoms with van der Waals surface area (Å²) in [5, 5.41) is 0. The van der Waals surface area contributed by atoms with Gasteiger partial charge in [-0.25, -0.2) is 4.39 Å². The van der Waals surface area contributed by atoms with Crippen LogP contribution in [0.25, 0.3) is 16.8 Å². The number of nitrogens with two attached hydrogens (primary N) is 1. The Labute approximate surface area is 129 Å². The summed E-state index contributed by atoms with van der Waals surface area (Å²) in [7, 11) is 0. The minimum absolute atomic E-state index is 0.150. The number of halogens is 1. The Bertz CT molecular complexity index is 713. The van der Waals surface area contributed by atoms with Crippen molar-refractivity contribution in [3.63, 3.8) is 0 Å². The number of ketones is 1. The quantitative estimate of drug-likeness (QED) is 0.877. The van der Waals surface area contributed by atoms with E-state index in [1.807, 2.05) is 13.0 Å². The van der Waals surface area contributed by atoms with Crippen LogP contribution in [0.3, 0.4) is 0 Å². The molecule has 4 heteroatoms. The Morgan fingerprint density at radius 3 is 2.45 bits per heavy atom. The van der Waals surface area contributed by atoms with Gasteiger partial charge in [0.15, 0.2) is 5.78 Å². The SMILES string of the molecule is C/C(=C\C(=O)C(C)(C)N)c1ccc(-c2ccccc2F)nc1. The molecule has 22 heavy (non-hydrogen) atoms. The third-order valence-electron chi connectivity index (χ3n) is 3.35. The highest BCUT2D eigenvalue weighted by atomic mass is 19.1. The molecule has 2 aromatic rings. The molecule has 0 aliphatic heterocycles. The molecule has 0 unspecified atom stereocenters. The van der Waals surface area contributed by atoms with Crippen molar-refractivity contribution in [2.24, 2.45) is 5.73 Å². The largest absolute Gasteiger partial charge is 0.319 e. The Balaban J connectivity index is 2.28. The number of hydrogen-bond acceptors (Lipinski definition) is 3. The zero-order chi connectivity index (χ0) is 16.3. The highest BCUT2D eigenvalue weighted by molar-refractivity contribution is 6.02. The summed E-state index contributed by atoms with van der Waals surface area (Å²) in [5.41, 5.74) is 7.46. The first-order chi connectivity index (χ1) is 10.3. The number of carbonyl (C=O) groups is 1. The monoisotopic (exact) mass is 298 g/mol. The van der Waals surface area contributed by atoms with E-state index >= 15 is 0 Å². The molecule has 0 aliphatic carbocycles. The van der Waals surface area contributed by atoms with Crippen LogP contribution >= 0.6 is 0 Å². The van der Waals surface area contributed by atoms with Gasteiger partial charge in [0.1, 0.15) is 5.82 Å². The lowest BCUT2D eigenvalue weighted by molar-refractivity contribution is -0.118. The predicted octanol–water partition coefficient (Wildman–Crippen LogP) is 3.60. The predicted molar refractivity (Wildman–Crippen MR) is 86.6 cm³/mol. The lowest BCUT2D eigenvalue weighted by atomic mass is 9.97. The van der Waals surface area contributed by atoms with Gasteiger partial charge in [0.25, 0.3) is 0 Å². The molecular formula is C18H19FN2O. The number of rotatable bonds is 4. The molecule has 2 N–H and O–H groups in total. The molecule has 1 heterocycles. The van der Waals surface area contributed by atoms with E-state index in [9.17, 15) is 9.18 Å². The highest BCUT2D eigenvalue weighted by Gasteiger charge is 2.19. The average Bonchev–Trinajstić information content (AvgIpc) is 2.47. The third kappa shape index (κ3) is 3.65. The zero-order valence-electron chi connectivity index (χ0n) is 12.9. The van der Waals surface area contributed by atoms with Crippen molar-refractivity contribution in [1.29, 1.82) is 0 Å². The first-order valence-electron chi connectivity index (χ1n) is 7.02. The van der Waals surface area contributed by atoms with Crippen LogP contribution in [-0.2, 0) is 4.79 Å². The normalized spacial score (nSPS) is 12.3. The summed E-state index contributed by atoms with van der Waals surface area (Å²) in [6.45, 7) is 5.15. The van der Waals surface area contributed by atoms with Crippen LogP contribution in [0.5, 0.6) is 0 Å². The van der Waals surface area contributed by atoms with Gasteiger partial charge in [-0.15, -0.1) is 0 Å². The number of benzene rings is 1. The number of pyridine rings is 1. The number of aromatic nitrogens is 1. The maximum Gasteiger partial charge on any atom is 0.175 e. The van der Waals surface area contributed by atoms with Crippen molar-refractivity contribution < 1.29 is 9.18 Å². The minimum Gasteiger partial charge on any atom is -0.319 e. The standard InChI is InChI=1S/C18H19FN2O/c1-12(10-17(22)18(2,3)20)13-8-9-16(21-11-13)14-6-4-5-7-15(14)19/h4-11H,20H2,1-3H3/b12-10+. The molecule has 1 aromatic carbocycles. The van der Waals surface area contributed by atoms with Crippen molar-refractivity contribution in [2.45, 2.75) is 26.3 Å². The summed E-state index contributed by atoms with van der Waals surface area (Å²) >= 11 is 0. The fraction of sp³-hybridized carbons (Fsp3) is 0.222. The Kier molecular flexibility index (Phi) is 4.52. The molecule has 0 radical (unpaired) electrons. The van der Waals surface area contributed by atoms with Gasteiger partial charge < -0.3 is 5.73 Å². The molecule has 114 valence electrons. The first-order valence-corrected chi connectivity index (χ1v) is 7.02. The van der Waals surface area contributed by atoms with E-state index in [-0.39, 0.29) is 11.6 Å². The van der Waals surface area contributed by atoms with Crippen molar-refractivity contribution in [3.8, 4) is 11.3 Å². The second kappa shape index (κ2) is 6.20. The van der Waals surface area contributed by atoms with Gasteiger partial charge in [-0.3, -0.25) is 9.78 Å². The summed E-state index contributed by atoms with van der Waals surface area (Å²) < 4.78 is 13.7. The maximum atomic E-state index is 13.7. The molecule has 0 amide bonds. The van der Waals surface area contributed by atoms with Gasteiger partial charge in [0.05, 0.1) is 11.2 Å². The topological polar surface area (TPSA) is 56.0 Å². The smallest absolute Gasteiger partial charge is 0.175 e. The number of allylic oxidation sites excluding steroid dienone is 1. The van der Waals surface area contributed by atoms with E-state index in [4.69, 9.17) is 5.73 Å². The van der Waals surface area contributed by atoms with Crippen LogP contribution in [0.4, 0.5) is 4.39 Å². The summed E-state index contributed by atoms with van der Waals surface area (Å²) in [5.74, 6) is -0.460. The second-order valence-corrected chi connectivity index (χ2v) is 5.83. The van der Waals surface area contributed by atoms with Gasteiger partial charge in [0, 0.05) is 11.8 Å². The van der Waals surface area contributed by atoms with E-state index in [2.05, 4.69) is 4.98 Å². The average molecular weight is 298 g/mol. The van der Waals surface area contributed by atoms with Gasteiger partial charge in [-0.2, -0.15) is 0 Å². The summed E-state index contributed by atoms with van der Waals surface area (Å²) in [6.07, 6.45) is 3.14. The number of hydrogen-bond donors (Lipinski definition) is 1. The number of nitrogens with zero attached hydrogens (tertiary/aromatic N) is 1. The molecule has 3 nitrogen and oxygen atoms in total. The van der Waals surface area contributed by atoms with Crippen LogP contribution in [0, 0.1) is 5.82 Å². The highest BCUT2D eigenvalue weighted by Crippen LogP contribution is 2.22. The molecule has 0 spiro atoms. The molecule has 0 bridgehead atoms. The third-order valence-corrected chi connectivity index (χ3v) is 3.35. The molecule has 0 fully saturated rings. The Hall–Kier alpha value is -2.33. The van der Waals surface area contributed by atoms with Crippen LogP contribution in [0.15, 0.2) is 48.7 Å². The molecule has 0 atom stereocenters. The molecule has 0 saturated heterocycles. The molecule has 0 saturated carbocycles. The van der Waals surface area contributed by atoms with Crippen molar-refractivity contribution >= 4 is 11.4 Å². The van der Waals surface area contributed by atoms with E-state index in [0.717, 1.165) is 11.1 Å². The summed E-state index contributed by atoms with van der Waals surface area (Å²) in [4.78, 5) is 16.2.